The predicted octanol–water partition coefficient (Wildman–Crippen LogP) is 3.30. The van der Waals surface area contributed by atoms with Crippen molar-refractivity contribution in [2.75, 3.05) is 30.4 Å². The molecule has 0 saturated carbocycles. The quantitative estimate of drug-likeness (QED) is 0.614. The molecule has 0 spiro atoms. The molecule has 0 bridgehead atoms. The number of carbonyl (C=O) groups is 1. The van der Waals surface area contributed by atoms with E-state index in [0.29, 0.717) is 20.9 Å². The number of hydrogen-bond donors (Lipinski definition) is 2. The number of rotatable bonds is 7. The minimum atomic E-state index is -3.52. The minimum absolute atomic E-state index is 0.163. The van der Waals surface area contributed by atoms with E-state index in [-0.39, 0.29) is 10.8 Å². The zero-order valence-corrected chi connectivity index (χ0v) is 17.5. The Morgan fingerprint density at radius 1 is 1.11 bits per heavy atom. The first-order valence-corrected chi connectivity index (χ1v) is 11.2. The second-order valence-corrected chi connectivity index (χ2v) is 8.95. The highest BCUT2D eigenvalue weighted by atomic mass is 32.2. The number of aromatic nitrogens is 1. The molecule has 2 aromatic carbocycles. The molecule has 0 unspecified atom stereocenters. The van der Waals surface area contributed by atoms with Crippen molar-refractivity contribution >= 4 is 48.3 Å². The van der Waals surface area contributed by atoms with Gasteiger partial charge in [-0.2, -0.15) is 0 Å². The standard InChI is InChI=1S/C19H22N4O3S2/c1-4-23(5-2)14-8-6-13(7-9-14)18(24)22-19-21-16-11-10-15(12-17(16)27-19)28(25,26)20-3/h6-12,20H,4-5H2,1-3H3,(H,21,22,24). The Kier molecular flexibility index (Phi) is 5.97. The normalized spacial score (nSPS) is 11.5. The summed E-state index contributed by atoms with van der Waals surface area (Å²) in [5.41, 5.74) is 2.24. The first-order chi connectivity index (χ1) is 13.4. The van der Waals surface area contributed by atoms with Crippen molar-refractivity contribution in [1.82, 2.24) is 9.71 Å². The van der Waals surface area contributed by atoms with Gasteiger partial charge in [0, 0.05) is 24.3 Å². The van der Waals surface area contributed by atoms with Crippen LogP contribution in [0.3, 0.4) is 0 Å². The fourth-order valence-corrected chi connectivity index (χ4v) is 4.56. The summed E-state index contributed by atoms with van der Waals surface area (Å²) in [6.07, 6.45) is 0. The van der Waals surface area contributed by atoms with E-state index in [1.54, 1.807) is 24.3 Å². The van der Waals surface area contributed by atoms with E-state index in [2.05, 4.69) is 33.8 Å². The van der Waals surface area contributed by atoms with Crippen molar-refractivity contribution < 1.29 is 13.2 Å². The Bertz CT molecular complexity index is 1090. The lowest BCUT2D eigenvalue weighted by atomic mass is 10.2. The van der Waals surface area contributed by atoms with Crippen molar-refractivity contribution in [3.63, 3.8) is 0 Å². The maximum Gasteiger partial charge on any atom is 0.257 e. The van der Waals surface area contributed by atoms with Gasteiger partial charge in [-0.25, -0.2) is 18.1 Å². The van der Waals surface area contributed by atoms with E-state index in [1.165, 1.54) is 24.5 Å². The summed E-state index contributed by atoms with van der Waals surface area (Å²) in [4.78, 5) is 19.2. The molecule has 0 aliphatic heterocycles. The summed E-state index contributed by atoms with van der Waals surface area (Å²) in [5, 5.41) is 3.21. The van der Waals surface area contributed by atoms with Crippen LogP contribution in [0.15, 0.2) is 47.4 Å². The summed E-state index contributed by atoms with van der Waals surface area (Å²) >= 11 is 1.23. The average molecular weight is 419 g/mol. The van der Waals surface area contributed by atoms with Gasteiger partial charge in [0.15, 0.2) is 5.13 Å². The topological polar surface area (TPSA) is 91.4 Å². The second-order valence-electron chi connectivity index (χ2n) is 6.03. The Hall–Kier alpha value is -2.49. The van der Waals surface area contributed by atoms with Crippen LogP contribution >= 0.6 is 11.3 Å². The molecule has 0 atom stereocenters. The van der Waals surface area contributed by atoms with Crippen LogP contribution in [0.1, 0.15) is 24.2 Å². The molecule has 7 nitrogen and oxygen atoms in total. The first kappa shape index (κ1) is 20.2. The van der Waals surface area contributed by atoms with Crippen molar-refractivity contribution in [3.05, 3.63) is 48.0 Å². The van der Waals surface area contributed by atoms with Crippen LogP contribution in [0.2, 0.25) is 0 Å². The highest BCUT2D eigenvalue weighted by Crippen LogP contribution is 2.28. The molecule has 28 heavy (non-hydrogen) atoms. The van der Waals surface area contributed by atoms with E-state index in [9.17, 15) is 13.2 Å². The Morgan fingerprint density at radius 2 is 1.79 bits per heavy atom. The summed E-state index contributed by atoms with van der Waals surface area (Å²) in [6, 6.07) is 12.1. The maximum absolute atomic E-state index is 12.5. The zero-order valence-electron chi connectivity index (χ0n) is 15.9. The predicted molar refractivity (Wildman–Crippen MR) is 114 cm³/mol. The number of amides is 1. The van der Waals surface area contributed by atoms with Crippen LogP contribution in [0, 0.1) is 0 Å². The highest BCUT2D eigenvalue weighted by Gasteiger charge is 2.15. The van der Waals surface area contributed by atoms with Gasteiger partial charge in [0.25, 0.3) is 5.91 Å². The third kappa shape index (κ3) is 4.16. The fourth-order valence-electron chi connectivity index (χ4n) is 2.83. The number of hydrogen-bond acceptors (Lipinski definition) is 6. The number of thiazole rings is 1. The molecule has 3 aromatic rings. The lowest BCUT2D eigenvalue weighted by molar-refractivity contribution is 0.102. The second kappa shape index (κ2) is 8.26. The minimum Gasteiger partial charge on any atom is -0.372 e. The molecular weight excluding hydrogens is 396 g/mol. The molecule has 1 amide bonds. The summed E-state index contributed by atoms with van der Waals surface area (Å²) in [6.45, 7) is 5.98. The van der Waals surface area contributed by atoms with E-state index < -0.39 is 10.0 Å². The van der Waals surface area contributed by atoms with Crippen LogP contribution in [0.5, 0.6) is 0 Å². The molecule has 0 fully saturated rings. The number of anilines is 2. The molecule has 0 radical (unpaired) electrons. The number of nitrogens with zero attached hydrogens (tertiary/aromatic N) is 2. The average Bonchev–Trinajstić information content (AvgIpc) is 3.10. The highest BCUT2D eigenvalue weighted by molar-refractivity contribution is 7.89. The molecule has 0 aliphatic carbocycles. The van der Waals surface area contributed by atoms with E-state index in [0.717, 1.165) is 18.8 Å². The lowest BCUT2D eigenvalue weighted by Crippen LogP contribution is -2.21. The van der Waals surface area contributed by atoms with Gasteiger partial charge >= 0.3 is 0 Å². The third-order valence-corrected chi connectivity index (χ3v) is 6.76. The number of sulfonamides is 1. The number of fused-ring (bicyclic) bond motifs is 1. The van der Waals surface area contributed by atoms with Crippen LogP contribution in [0.25, 0.3) is 10.2 Å². The smallest absolute Gasteiger partial charge is 0.257 e. The van der Waals surface area contributed by atoms with Gasteiger partial charge < -0.3 is 4.90 Å². The van der Waals surface area contributed by atoms with Crippen LogP contribution < -0.4 is 14.9 Å². The Labute approximate surface area is 168 Å². The van der Waals surface area contributed by atoms with E-state index in [1.807, 2.05) is 12.1 Å². The van der Waals surface area contributed by atoms with Crippen molar-refractivity contribution in [1.29, 1.82) is 0 Å². The summed E-state index contributed by atoms with van der Waals surface area (Å²) in [7, 11) is -2.16. The molecule has 1 aromatic heterocycles. The Morgan fingerprint density at radius 3 is 2.39 bits per heavy atom. The van der Waals surface area contributed by atoms with Crippen LogP contribution in [-0.2, 0) is 10.0 Å². The molecule has 0 saturated heterocycles. The molecular formula is C19H22N4O3S2. The fraction of sp³-hybridized carbons (Fsp3) is 0.263. The largest absolute Gasteiger partial charge is 0.372 e. The van der Waals surface area contributed by atoms with Gasteiger partial charge in [-0.3, -0.25) is 10.1 Å². The van der Waals surface area contributed by atoms with Crippen molar-refractivity contribution in [3.8, 4) is 0 Å². The van der Waals surface area contributed by atoms with Crippen molar-refractivity contribution in [2.24, 2.45) is 0 Å². The van der Waals surface area contributed by atoms with E-state index in [4.69, 9.17) is 0 Å². The van der Waals surface area contributed by atoms with Gasteiger partial charge in [-0.1, -0.05) is 11.3 Å². The Balaban J connectivity index is 1.79. The van der Waals surface area contributed by atoms with E-state index >= 15 is 0 Å². The maximum atomic E-state index is 12.5. The number of nitrogens with one attached hydrogen (secondary N) is 2. The molecule has 2 N–H and O–H groups in total. The lowest BCUT2D eigenvalue weighted by Gasteiger charge is -2.20. The van der Waals surface area contributed by atoms with Crippen LogP contribution in [-0.4, -0.2) is 39.4 Å². The SMILES string of the molecule is CCN(CC)c1ccc(C(=O)Nc2nc3ccc(S(=O)(=O)NC)cc3s2)cc1. The van der Waals surface area contributed by atoms with Crippen molar-refractivity contribution in [2.45, 2.75) is 18.7 Å². The molecule has 0 aliphatic rings. The van der Waals surface area contributed by atoms with Gasteiger partial charge in [0.1, 0.15) is 0 Å². The summed E-state index contributed by atoms with van der Waals surface area (Å²) < 4.78 is 26.8. The van der Waals surface area contributed by atoms with Gasteiger partial charge in [0.05, 0.1) is 15.1 Å². The number of benzene rings is 2. The third-order valence-electron chi connectivity index (χ3n) is 4.42. The monoisotopic (exact) mass is 418 g/mol. The molecule has 9 heteroatoms. The zero-order chi connectivity index (χ0) is 20.3. The van der Waals surface area contributed by atoms with Gasteiger partial charge in [-0.05, 0) is 63.4 Å². The summed E-state index contributed by atoms with van der Waals surface area (Å²) in [5.74, 6) is -0.256. The first-order valence-electron chi connectivity index (χ1n) is 8.88. The van der Waals surface area contributed by atoms with Crippen LogP contribution in [0.4, 0.5) is 10.8 Å². The number of carbonyl (C=O) groups excluding carboxylic acids is 1. The van der Waals surface area contributed by atoms with Gasteiger partial charge in [-0.15, -0.1) is 0 Å². The molecule has 3 rings (SSSR count). The molecule has 1 heterocycles. The molecule has 148 valence electrons. The van der Waals surface area contributed by atoms with Gasteiger partial charge in [0.2, 0.25) is 10.0 Å².